The molecule has 1 amide bonds. The van der Waals surface area contributed by atoms with Crippen LogP contribution in [0.2, 0.25) is 0 Å². The van der Waals surface area contributed by atoms with Crippen LogP contribution in [-0.4, -0.2) is 30.4 Å². The summed E-state index contributed by atoms with van der Waals surface area (Å²) >= 11 is 3.16. The Balaban J connectivity index is 2.01. The molecule has 1 aliphatic rings. The minimum atomic E-state index is -0.322. The monoisotopic (exact) mass is 391 g/mol. The summed E-state index contributed by atoms with van der Waals surface area (Å²) in [5.74, 6) is 5.37. The van der Waals surface area contributed by atoms with E-state index in [1.54, 1.807) is 6.08 Å². The number of rotatable bonds is 5. The summed E-state index contributed by atoms with van der Waals surface area (Å²) < 4.78 is 5.34. The first kappa shape index (κ1) is 18.0. The van der Waals surface area contributed by atoms with Crippen LogP contribution in [0, 0.1) is 6.92 Å². The van der Waals surface area contributed by atoms with Crippen LogP contribution in [0.25, 0.3) is 0 Å². The summed E-state index contributed by atoms with van der Waals surface area (Å²) in [6.45, 7) is 2.04. The van der Waals surface area contributed by atoms with Crippen LogP contribution in [0.15, 0.2) is 58.4 Å². The van der Waals surface area contributed by atoms with Crippen molar-refractivity contribution in [1.29, 1.82) is 0 Å². The van der Waals surface area contributed by atoms with Crippen molar-refractivity contribution in [2.45, 2.75) is 6.92 Å². The van der Waals surface area contributed by atoms with E-state index < -0.39 is 0 Å². The molecule has 0 aromatic heterocycles. The molecule has 3 N–H and O–H groups in total. The molecule has 1 aromatic carbocycles. The molecule has 0 radical (unpaired) electrons. The fourth-order valence-corrected chi connectivity index (χ4v) is 2.45. The average molecular weight is 392 g/mol. The van der Waals surface area contributed by atoms with Crippen LogP contribution in [0.3, 0.4) is 0 Å². The van der Waals surface area contributed by atoms with E-state index in [1.807, 2.05) is 31.2 Å². The SMILES string of the molecule is COC1=CC(=CN(N)C(=O)CNc2ccc(C)cc2)C=C(Br)C1=O. The number of nitrogens with zero attached hydrogens (tertiary/aromatic N) is 1. The summed E-state index contributed by atoms with van der Waals surface area (Å²) in [7, 11) is 1.41. The Morgan fingerprint density at radius 3 is 2.62 bits per heavy atom. The van der Waals surface area contributed by atoms with Crippen molar-refractivity contribution >= 4 is 33.3 Å². The van der Waals surface area contributed by atoms with Gasteiger partial charge in [0.05, 0.1) is 18.1 Å². The third-order valence-corrected chi connectivity index (χ3v) is 3.91. The number of carbonyl (C=O) groups excluding carboxylic acids is 2. The molecular formula is C17H18BrN3O3. The van der Waals surface area contributed by atoms with Gasteiger partial charge in [0, 0.05) is 11.9 Å². The normalized spacial score (nSPS) is 15.7. The van der Waals surface area contributed by atoms with E-state index >= 15 is 0 Å². The number of carbonyl (C=O) groups is 2. The lowest BCUT2D eigenvalue weighted by atomic mass is 10.1. The van der Waals surface area contributed by atoms with Gasteiger partial charge in [-0.3, -0.25) is 14.6 Å². The zero-order valence-corrected chi connectivity index (χ0v) is 15.0. The van der Waals surface area contributed by atoms with Crippen molar-refractivity contribution < 1.29 is 14.3 Å². The molecule has 0 saturated carbocycles. The number of ether oxygens (including phenoxy) is 1. The summed E-state index contributed by atoms with van der Waals surface area (Å²) in [5.41, 5.74) is 2.55. The molecule has 0 aliphatic heterocycles. The molecule has 0 fully saturated rings. The molecule has 1 aromatic rings. The largest absolute Gasteiger partial charge is 0.493 e. The Bertz CT molecular complexity index is 736. The van der Waals surface area contributed by atoms with E-state index in [1.165, 1.54) is 19.4 Å². The maximum atomic E-state index is 12.1. The van der Waals surface area contributed by atoms with E-state index in [-0.39, 0.29) is 24.0 Å². The lowest BCUT2D eigenvalue weighted by Crippen LogP contribution is -2.37. The van der Waals surface area contributed by atoms with Crippen molar-refractivity contribution in [3.8, 4) is 0 Å². The Kier molecular flexibility index (Phi) is 5.94. The quantitative estimate of drug-likeness (QED) is 0.457. The molecule has 126 valence electrons. The number of hydrazine groups is 1. The first-order valence-electron chi connectivity index (χ1n) is 7.17. The third kappa shape index (κ3) is 4.56. The number of hydrogen-bond acceptors (Lipinski definition) is 5. The molecule has 2 rings (SSSR count). The summed E-state index contributed by atoms with van der Waals surface area (Å²) in [6, 6.07) is 7.69. The Morgan fingerprint density at radius 1 is 1.33 bits per heavy atom. The standard InChI is InChI=1S/C17H18BrN3O3/c1-11-3-5-13(6-4-11)20-9-16(22)21(19)10-12-7-14(18)17(23)15(8-12)24-2/h3-8,10,20H,9,19H2,1-2H3. The van der Waals surface area contributed by atoms with E-state index in [9.17, 15) is 9.59 Å². The van der Waals surface area contributed by atoms with Crippen LogP contribution >= 0.6 is 15.9 Å². The number of nitrogens with one attached hydrogen (secondary N) is 1. The highest BCUT2D eigenvalue weighted by Crippen LogP contribution is 2.23. The highest BCUT2D eigenvalue weighted by molar-refractivity contribution is 9.12. The minimum absolute atomic E-state index is 0.0496. The minimum Gasteiger partial charge on any atom is -0.493 e. The van der Waals surface area contributed by atoms with Crippen LogP contribution in [0.5, 0.6) is 0 Å². The summed E-state index contributed by atoms with van der Waals surface area (Å²) in [4.78, 5) is 23.8. The second kappa shape index (κ2) is 7.94. The number of anilines is 1. The molecule has 7 heteroatoms. The smallest absolute Gasteiger partial charge is 0.259 e. The van der Waals surface area contributed by atoms with Crippen LogP contribution in [0.1, 0.15) is 5.56 Å². The second-order valence-electron chi connectivity index (χ2n) is 5.18. The Morgan fingerprint density at radius 2 is 2.00 bits per heavy atom. The fourth-order valence-electron chi connectivity index (χ4n) is 1.99. The number of ketones is 1. The number of aryl methyl sites for hydroxylation is 1. The number of hydrogen-bond donors (Lipinski definition) is 2. The molecule has 0 spiro atoms. The van der Waals surface area contributed by atoms with Gasteiger partial charge in [-0.05, 0) is 52.7 Å². The predicted octanol–water partition coefficient (Wildman–Crippen LogP) is 2.38. The van der Waals surface area contributed by atoms with Gasteiger partial charge in [0.1, 0.15) is 0 Å². The van der Waals surface area contributed by atoms with Crippen LogP contribution in [-0.2, 0) is 14.3 Å². The number of allylic oxidation sites excluding steroid dienone is 4. The summed E-state index contributed by atoms with van der Waals surface area (Å²) in [5, 5.41) is 3.99. The molecule has 0 unspecified atom stereocenters. The maximum Gasteiger partial charge on any atom is 0.259 e. The van der Waals surface area contributed by atoms with E-state index in [0.29, 0.717) is 10.1 Å². The number of benzene rings is 1. The topological polar surface area (TPSA) is 84.7 Å². The van der Waals surface area contributed by atoms with Crippen molar-refractivity contribution in [2.24, 2.45) is 5.84 Å². The van der Waals surface area contributed by atoms with Crippen molar-refractivity contribution in [2.75, 3.05) is 19.0 Å². The number of methoxy groups -OCH3 is 1. The number of nitrogens with two attached hydrogens (primary N) is 1. The molecule has 0 atom stereocenters. The number of halogens is 1. The predicted molar refractivity (Wildman–Crippen MR) is 95.9 cm³/mol. The van der Waals surface area contributed by atoms with E-state index in [0.717, 1.165) is 16.3 Å². The maximum absolute atomic E-state index is 12.1. The molecular weight excluding hydrogens is 374 g/mol. The van der Waals surface area contributed by atoms with Gasteiger partial charge < -0.3 is 10.1 Å². The summed E-state index contributed by atoms with van der Waals surface area (Å²) in [6.07, 6.45) is 4.53. The van der Waals surface area contributed by atoms with Gasteiger partial charge in [-0.2, -0.15) is 0 Å². The molecule has 1 aliphatic carbocycles. The first-order chi connectivity index (χ1) is 11.4. The van der Waals surface area contributed by atoms with E-state index in [4.69, 9.17) is 10.6 Å². The van der Waals surface area contributed by atoms with Crippen molar-refractivity contribution in [3.05, 3.63) is 64.0 Å². The number of amides is 1. The van der Waals surface area contributed by atoms with Crippen LogP contribution < -0.4 is 11.2 Å². The zero-order chi connectivity index (χ0) is 17.7. The van der Waals surface area contributed by atoms with Gasteiger partial charge in [-0.1, -0.05) is 17.7 Å². The Labute approximate surface area is 148 Å². The Hall–Kier alpha value is -2.38. The lowest BCUT2D eigenvalue weighted by molar-refractivity contribution is -0.127. The zero-order valence-electron chi connectivity index (χ0n) is 13.4. The van der Waals surface area contributed by atoms with Crippen molar-refractivity contribution in [3.63, 3.8) is 0 Å². The van der Waals surface area contributed by atoms with Gasteiger partial charge >= 0.3 is 0 Å². The van der Waals surface area contributed by atoms with Gasteiger partial charge in [-0.15, -0.1) is 0 Å². The molecule has 6 nitrogen and oxygen atoms in total. The van der Waals surface area contributed by atoms with Gasteiger partial charge in [-0.25, -0.2) is 5.84 Å². The van der Waals surface area contributed by atoms with Gasteiger partial charge in [0.25, 0.3) is 5.91 Å². The molecule has 0 saturated heterocycles. The van der Waals surface area contributed by atoms with Gasteiger partial charge in [0.2, 0.25) is 5.78 Å². The fraction of sp³-hybridized carbons (Fsp3) is 0.176. The molecule has 0 bridgehead atoms. The van der Waals surface area contributed by atoms with E-state index in [2.05, 4.69) is 21.2 Å². The lowest BCUT2D eigenvalue weighted by Gasteiger charge is -2.16. The number of Topliss-reactive ketones (excluding diaryl/α,β-unsaturated/α-hetero) is 1. The molecule has 0 heterocycles. The van der Waals surface area contributed by atoms with Crippen molar-refractivity contribution in [1.82, 2.24) is 5.01 Å². The first-order valence-corrected chi connectivity index (χ1v) is 7.96. The second-order valence-corrected chi connectivity index (χ2v) is 6.04. The average Bonchev–Trinajstić information content (AvgIpc) is 2.57. The highest BCUT2D eigenvalue weighted by Gasteiger charge is 2.19. The molecule has 24 heavy (non-hydrogen) atoms. The van der Waals surface area contributed by atoms with Crippen LogP contribution in [0.4, 0.5) is 5.69 Å². The highest BCUT2D eigenvalue weighted by atomic mass is 79.9. The van der Waals surface area contributed by atoms with Gasteiger partial charge in [0.15, 0.2) is 5.76 Å². The third-order valence-electron chi connectivity index (χ3n) is 3.32.